The Bertz CT molecular complexity index is 787. The summed E-state index contributed by atoms with van der Waals surface area (Å²) in [6.45, 7) is 0.984. The highest BCUT2D eigenvalue weighted by Crippen LogP contribution is 2.39. The average molecular weight is 394 g/mol. The number of benzene rings is 2. The molecule has 1 aliphatic rings. The van der Waals surface area contributed by atoms with Gasteiger partial charge in [0.15, 0.2) is 11.6 Å². The molecule has 0 amide bonds. The van der Waals surface area contributed by atoms with Gasteiger partial charge in [-0.05, 0) is 74.1 Å². The summed E-state index contributed by atoms with van der Waals surface area (Å²) in [6.07, 6.45) is 4.41. The fourth-order valence-electron chi connectivity index (χ4n) is 4.09. The van der Waals surface area contributed by atoms with E-state index in [1.165, 1.54) is 19.2 Å². The Kier molecular flexibility index (Phi) is 6.31. The predicted octanol–water partition coefficient (Wildman–Crippen LogP) is 7.35. The van der Waals surface area contributed by atoms with Crippen molar-refractivity contribution in [1.82, 2.24) is 0 Å². The molecule has 0 radical (unpaired) electrons. The highest BCUT2D eigenvalue weighted by atomic mass is 19.3. The number of hydrogen-bond donors (Lipinski definition) is 0. The Hall–Kier alpha value is -2.04. The van der Waals surface area contributed by atoms with Crippen LogP contribution >= 0.6 is 0 Å². The van der Waals surface area contributed by atoms with Crippen LogP contribution in [0.2, 0.25) is 0 Å². The molecule has 0 aromatic heterocycles. The highest BCUT2D eigenvalue weighted by molar-refractivity contribution is 5.65. The van der Waals surface area contributed by atoms with Crippen molar-refractivity contribution in [1.29, 1.82) is 0 Å². The van der Waals surface area contributed by atoms with Crippen molar-refractivity contribution in [3.8, 4) is 16.9 Å². The van der Waals surface area contributed by atoms with Crippen LogP contribution in [0.1, 0.15) is 56.9 Å². The van der Waals surface area contributed by atoms with Gasteiger partial charge in [-0.2, -0.15) is 4.39 Å². The van der Waals surface area contributed by atoms with Crippen molar-refractivity contribution >= 4 is 0 Å². The van der Waals surface area contributed by atoms with Crippen LogP contribution in [-0.4, -0.2) is 13.0 Å². The summed E-state index contributed by atoms with van der Waals surface area (Å²) in [5.41, 5.74) is 1.98. The van der Waals surface area contributed by atoms with Crippen LogP contribution in [0.25, 0.3) is 11.1 Å². The molecule has 1 fully saturated rings. The zero-order valence-corrected chi connectivity index (χ0v) is 16.3. The molecule has 1 nitrogen and oxygen atoms in total. The van der Waals surface area contributed by atoms with Gasteiger partial charge in [-0.15, -0.1) is 0 Å². The molecular weight excluding hydrogens is 368 g/mol. The molecule has 2 aromatic carbocycles. The van der Waals surface area contributed by atoms with Crippen LogP contribution in [0.3, 0.4) is 0 Å². The second-order valence-electron chi connectivity index (χ2n) is 7.89. The lowest BCUT2D eigenvalue weighted by atomic mass is 9.77. The molecule has 0 bridgehead atoms. The largest absolute Gasteiger partial charge is 0.494 e. The molecule has 0 spiro atoms. The Morgan fingerprint density at radius 3 is 2.14 bits per heavy atom. The first kappa shape index (κ1) is 20.7. The van der Waals surface area contributed by atoms with E-state index in [1.54, 1.807) is 0 Å². The molecule has 1 saturated carbocycles. The minimum Gasteiger partial charge on any atom is -0.494 e. The van der Waals surface area contributed by atoms with Crippen LogP contribution in [0.4, 0.5) is 17.6 Å². The molecule has 152 valence electrons. The summed E-state index contributed by atoms with van der Waals surface area (Å²) in [7, 11) is 1.30. The lowest BCUT2D eigenvalue weighted by molar-refractivity contribution is 0.00490. The van der Waals surface area contributed by atoms with Gasteiger partial charge in [0.25, 0.3) is 0 Å². The maximum absolute atomic E-state index is 14.3. The van der Waals surface area contributed by atoms with Crippen molar-refractivity contribution in [3.05, 3.63) is 53.6 Å². The van der Waals surface area contributed by atoms with E-state index >= 15 is 0 Å². The molecule has 1 aliphatic carbocycles. The summed E-state index contributed by atoms with van der Waals surface area (Å²) >= 11 is 0. The first-order chi connectivity index (χ1) is 13.3. The summed E-state index contributed by atoms with van der Waals surface area (Å²) in [4.78, 5) is 0. The van der Waals surface area contributed by atoms with Crippen molar-refractivity contribution in [2.75, 3.05) is 7.11 Å². The van der Waals surface area contributed by atoms with Gasteiger partial charge in [-0.3, -0.25) is 0 Å². The summed E-state index contributed by atoms with van der Waals surface area (Å²) in [5, 5.41) is 0. The summed E-state index contributed by atoms with van der Waals surface area (Å²) in [5.74, 6) is -3.83. The third-order valence-electron chi connectivity index (χ3n) is 5.80. The monoisotopic (exact) mass is 394 g/mol. The van der Waals surface area contributed by atoms with Gasteiger partial charge in [-0.1, -0.05) is 24.3 Å². The molecule has 5 heteroatoms. The van der Waals surface area contributed by atoms with Crippen LogP contribution < -0.4 is 4.74 Å². The zero-order valence-electron chi connectivity index (χ0n) is 16.3. The minimum absolute atomic E-state index is 0.0407. The van der Waals surface area contributed by atoms with Crippen molar-refractivity contribution < 1.29 is 22.3 Å². The van der Waals surface area contributed by atoms with Crippen LogP contribution in [0.5, 0.6) is 5.75 Å². The second kappa shape index (κ2) is 8.54. The molecule has 0 saturated heterocycles. The Balaban J connectivity index is 1.64. The Morgan fingerprint density at radius 1 is 0.929 bits per heavy atom. The number of methoxy groups -OCH3 is 1. The van der Waals surface area contributed by atoms with E-state index in [2.05, 4.69) is 0 Å². The van der Waals surface area contributed by atoms with Crippen molar-refractivity contribution in [2.24, 2.45) is 5.92 Å². The fraction of sp³-hybridized carbons (Fsp3) is 0.478. The van der Waals surface area contributed by atoms with E-state index < -0.39 is 17.6 Å². The fourth-order valence-corrected chi connectivity index (χ4v) is 4.09. The third kappa shape index (κ3) is 4.86. The van der Waals surface area contributed by atoms with Crippen molar-refractivity contribution in [2.45, 2.75) is 57.3 Å². The van der Waals surface area contributed by atoms with E-state index in [4.69, 9.17) is 4.74 Å². The predicted molar refractivity (Wildman–Crippen MR) is 103 cm³/mol. The zero-order chi connectivity index (χ0) is 20.3. The molecule has 0 atom stereocenters. The molecular formula is C23H26F4O. The first-order valence-corrected chi connectivity index (χ1v) is 9.78. The van der Waals surface area contributed by atoms with E-state index in [0.717, 1.165) is 38.2 Å². The number of ether oxygens (including phenoxy) is 1. The minimum atomic E-state index is -2.58. The molecule has 0 aliphatic heterocycles. The molecule has 28 heavy (non-hydrogen) atoms. The molecule has 0 unspecified atom stereocenters. The van der Waals surface area contributed by atoms with E-state index in [1.807, 2.05) is 24.3 Å². The third-order valence-corrected chi connectivity index (χ3v) is 5.80. The maximum atomic E-state index is 14.3. The molecule has 2 aromatic rings. The maximum Gasteiger partial charge on any atom is 0.245 e. The summed E-state index contributed by atoms with van der Waals surface area (Å²) < 4.78 is 59.1. The van der Waals surface area contributed by atoms with E-state index in [-0.39, 0.29) is 17.7 Å². The summed E-state index contributed by atoms with van der Waals surface area (Å²) in [6, 6.07) is 10.5. The normalized spacial score (nSPS) is 20.2. The topological polar surface area (TPSA) is 9.23 Å². The number of hydrogen-bond acceptors (Lipinski definition) is 1. The van der Waals surface area contributed by atoms with Crippen molar-refractivity contribution in [3.63, 3.8) is 0 Å². The van der Waals surface area contributed by atoms with E-state index in [9.17, 15) is 17.6 Å². The molecule has 3 rings (SSSR count). The van der Waals surface area contributed by atoms with Gasteiger partial charge in [-0.25, -0.2) is 13.2 Å². The van der Waals surface area contributed by atoms with Crippen LogP contribution in [-0.2, 0) is 0 Å². The molecule has 0 heterocycles. The lowest BCUT2D eigenvalue weighted by Crippen LogP contribution is -2.17. The number of alkyl halides is 2. The smallest absolute Gasteiger partial charge is 0.245 e. The Morgan fingerprint density at radius 2 is 1.57 bits per heavy atom. The first-order valence-electron chi connectivity index (χ1n) is 9.78. The van der Waals surface area contributed by atoms with Gasteiger partial charge in [0.05, 0.1) is 7.11 Å². The van der Waals surface area contributed by atoms with E-state index in [0.29, 0.717) is 23.8 Å². The SMILES string of the molecule is COc1ccc(-c2ccc(C3CCC(CCC(C)(F)F)CC3)cc2)c(F)c1F. The van der Waals surface area contributed by atoms with Crippen LogP contribution in [0.15, 0.2) is 36.4 Å². The standard InChI is InChI=1S/C23H26F4O/c1-23(26,27)14-13-15-3-5-16(6-4-15)17-7-9-18(10-8-17)19-11-12-20(28-2)22(25)21(19)24/h7-12,15-16H,3-6,13-14H2,1-2H3. The molecule has 0 N–H and O–H groups in total. The van der Waals surface area contributed by atoms with Crippen LogP contribution in [0, 0.1) is 17.6 Å². The van der Waals surface area contributed by atoms with Gasteiger partial charge in [0.1, 0.15) is 0 Å². The number of halogens is 4. The van der Waals surface area contributed by atoms with Gasteiger partial charge < -0.3 is 4.74 Å². The number of rotatable bonds is 6. The second-order valence-corrected chi connectivity index (χ2v) is 7.89. The quantitative estimate of drug-likeness (QED) is 0.465. The Labute approximate surface area is 163 Å². The highest BCUT2D eigenvalue weighted by Gasteiger charge is 2.27. The van der Waals surface area contributed by atoms with Gasteiger partial charge in [0, 0.05) is 12.0 Å². The van der Waals surface area contributed by atoms with Gasteiger partial charge in [0.2, 0.25) is 11.7 Å². The average Bonchev–Trinajstić information content (AvgIpc) is 2.68. The van der Waals surface area contributed by atoms with Gasteiger partial charge >= 0.3 is 0 Å². The lowest BCUT2D eigenvalue weighted by Gasteiger charge is -2.29.